The van der Waals surface area contributed by atoms with E-state index in [0.717, 1.165) is 28.3 Å². The van der Waals surface area contributed by atoms with Crippen LogP contribution in [0.1, 0.15) is 28.9 Å². The lowest BCUT2D eigenvalue weighted by molar-refractivity contribution is -0.116. The highest BCUT2D eigenvalue weighted by molar-refractivity contribution is 7.14. The van der Waals surface area contributed by atoms with E-state index in [0.29, 0.717) is 18.0 Å². The van der Waals surface area contributed by atoms with Crippen LogP contribution in [0.25, 0.3) is 16.9 Å². The molecule has 0 radical (unpaired) electrons. The fourth-order valence-electron chi connectivity index (χ4n) is 3.24. The SMILES string of the molecule is Cc1ccc(-c2csc(NC(=O)CCc3c(C)nc4ccccn34)n2)cc1C. The van der Waals surface area contributed by atoms with Gasteiger partial charge in [-0.3, -0.25) is 4.79 Å². The molecule has 5 nitrogen and oxygen atoms in total. The van der Waals surface area contributed by atoms with E-state index in [9.17, 15) is 4.79 Å². The third kappa shape index (κ3) is 3.68. The molecule has 0 saturated carbocycles. The Morgan fingerprint density at radius 2 is 1.96 bits per heavy atom. The first-order chi connectivity index (χ1) is 13.5. The Morgan fingerprint density at radius 3 is 2.79 bits per heavy atom. The average molecular weight is 391 g/mol. The summed E-state index contributed by atoms with van der Waals surface area (Å²) in [6, 6.07) is 12.2. The number of carbonyl (C=O) groups excluding carboxylic acids is 1. The molecule has 4 rings (SSSR count). The van der Waals surface area contributed by atoms with Crippen LogP contribution in [0, 0.1) is 20.8 Å². The third-order valence-corrected chi connectivity index (χ3v) is 5.73. The van der Waals surface area contributed by atoms with E-state index in [-0.39, 0.29) is 5.91 Å². The molecule has 0 atom stereocenters. The molecule has 3 aromatic heterocycles. The summed E-state index contributed by atoms with van der Waals surface area (Å²) in [4.78, 5) is 21.5. The Hall–Kier alpha value is -2.99. The molecule has 6 heteroatoms. The van der Waals surface area contributed by atoms with Crippen LogP contribution in [0.3, 0.4) is 0 Å². The van der Waals surface area contributed by atoms with Crippen molar-refractivity contribution in [3.05, 3.63) is 70.5 Å². The van der Waals surface area contributed by atoms with E-state index in [1.807, 2.05) is 41.1 Å². The number of nitrogens with one attached hydrogen (secondary N) is 1. The summed E-state index contributed by atoms with van der Waals surface area (Å²) < 4.78 is 2.05. The molecular formula is C22H22N4OS. The Bertz CT molecular complexity index is 1160. The minimum absolute atomic E-state index is 0.0359. The summed E-state index contributed by atoms with van der Waals surface area (Å²) in [5.41, 5.74) is 7.40. The van der Waals surface area contributed by atoms with Gasteiger partial charge in [-0.25, -0.2) is 9.97 Å². The number of amides is 1. The Labute approximate surface area is 168 Å². The molecule has 0 unspecified atom stereocenters. The molecule has 0 aliphatic carbocycles. The zero-order valence-electron chi connectivity index (χ0n) is 16.2. The first-order valence-corrected chi connectivity index (χ1v) is 10.1. The van der Waals surface area contributed by atoms with Crippen LogP contribution in [-0.2, 0) is 11.2 Å². The highest BCUT2D eigenvalue weighted by atomic mass is 32.1. The quantitative estimate of drug-likeness (QED) is 0.524. The first-order valence-electron chi connectivity index (χ1n) is 9.27. The minimum Gasteiger partial charge on any atom is -0.304 e. The number of nitrogens with zero attached hydrogens (tertiary/aromatic N) is 3. The number of aromatic nitrogens is 3. The number of thiazole rings is 1. The lowest BCUT2D eigenvalue weighted by Crippen LogP contribution is -2.13. The molecule has 0 bridgehead atoms. The van der Waals surface area contributed by atoms with Gasteiger partial charge in [0, 0.05) is 29.3 Å². The van der Waals surface area contributed by atoms with Crippen LogP contribution >= 0.6 is 11.3 Å². The van der Waals surface area contributed by atoms with E-state index in [4.69, 9.17) is 0 Å². The van der Waals surface area contributed by atoms with E-state index in [2.05, 4.69) is 47.3 Å². The summed E-state index contributed by atoms with van der Waals surface area (Å²) in [5, 5.41) is 5.54. The number of fused-ring (bicyclic) bond motifs is 1. The molecule has 0 spiro atoms. The molecule has 0 aliphatic rings. The predicted octanol–water partition coefficient (Wildman–Crippen LogP) is 4.95. The molecule has 3 heterocycles. The summed E-state index contributed by atoms with van der Waals surface area (Å²) >= 11 is 1.45. The van der Waals surface area contributed by atoms with Crippen molar-refractivity contribution >= 4 is 28.0 Å². The van der Waals surface area contributed by atoms with Gasteiger partial charge in [-0.15, -0.1) is 11.3 Å². The molecule has 1 amide bonds. The van der Waals surface area contributed by atoms with Crippen LogP contribution in [0.15, 0.2) is 48.0 Å². The average Bonchev–Trinajstić information content (AvgIpc) is 3.26. The topological polar surface area (TPSA) is 59.3 Å². The van der Waals surface area contributed by atoms with Crippen molar-refractivity contribution in [1.29, 1.82) is 0 Å². The minimum atomic E-state index is -0.0359. The van der Waals surface area contributed by atoms with Crippen molar-refractivity contribution in [3.63, 3.8) is 0 Å². The number of anilines is 1. The summed E-state index contributed by atoms with van der Waals surface area (Å²) in [6.07, 6.45) is 3.01. The van der Waals surface area contributed by atoms with Gasteiger partial charge in [0.1, 0.15) is 5.65 Å². The molecule has 0 aliphatic heterocycles. The van der Waals surface area contributed by atoms with Gasteiger partial charge >= 0.3 is 0 Å². The normalized spacial score (nSPS) is 11.1. The second kappa shape index (κ2) is 7.56. The molecule has 1 aromatic carbocycles. The first kappa shape index (κ1) is 18.4. The van der Waals surface area contributed by atoms with Gasteiger partial charge in [0.05, 0.1) is 11.4 Å². The third-order valence-electron chi connectivity index (χ3n) is 4.97. The number of imidazole rings is 1. The number of carbonyl (C=O) groups is 1. The predicted molar refractivity (Wildman–Crippen MR) is 114 cm³/mol. The second-order valence-electron chi connectivity index (χ2n) is 6.96. The molecule has 0 saturated heterocycles. The number of hydrogen-bond acceptors (Lipinski definition) is 4. The van der Waals surface area contributed by atoms with E-state index < -0.39 is 0 Å². The molecule has 0 fully saturated rings. The second-order valence-corrected chi connectivity index (χ2v) is 7.82. The lowest BCUT2D eigenvalue weighted by Gasteiger charge is -2.04. The molecule has 142 valence electrons. The van der Waals surface area contributed by atoms with Gasteiger partial charge < -0.3 is 9.72 Å². The molecule has 28 heavy (non-hydrogen) atoms. The highest BCUT2D eigenvalue weighted by Gasteiger charge is 2.12. The maximum atomic E-state index is 12.4. The number of pyridine rings is 1. The summed E-state index contributed by atoms with van der Waals surface area (Å²) in [7, 11) is 0. The van der Waals surface area contributed by atoms with Crippen molar-refractivity contribution in [1.82, 2.24) is 14.4 Å². The van der Waals surface area contributed by atoms with Crippen molar-refractivity contribution in [2.45, 2.75) is 33.6 Å². The highest BCUT2D eigenvalue weighted by Crippen LogP contribution is 2.26. The van der Waals surface area contributed by atoms with Gasteiger partial charge in [0.15, 0.2) is 5.13 Å². The van der Waals surface area contributed by atoms with Crippen molar-refractivity contribution in [3.8, 4) is 11.3 Å². The summed E-state index contributed by atoms with van der Waals surface area (Å²) in [5.74, 6) is -0.0359. The van der Waals surface area contributed by atoms with Crippen molar-refractivity contribution in [2.24, 2.45) is 0 Å². The van der Waals surface area contributed by atoms with E-state index in [1.54, 1.807) is 0 Å². The van der Waals surface area contributed by atoms with Gasteiger partial charge in [0.2, 0.25) is 5.91 Å². The fraction of sp³-hybridized carbons (Fsp3) is 0.227. The van der Waals surface area contributed by atoms with Gasteiger partial charge in [-0.1, -0.05) is 18.2 Å². The largest absolute Gasteiger partial charge is 0.304 e. The zero-order valence-corrected chi connectivity index (χ0v) is 17.0. The van der Waals surface area contributed by atoms with Crippen LogP contribution in [0.5, 0.6) is 0 Å². The number of aryl methyl sites for hydroxylation is 4. The summed E-state index contributed by atoms with van der Waals surface area (Å²) in [6.45, 7) is 6.17. The van der Waals surface area contributed by atoms with Crippen molar-refractivity contribution < 1.29 is 4.79 Å². The number of benzene rings is 1. The Kier molecular flexibility index (Phi) is 4.96. The smallest absolute Gasteiger partial charge is 0.226 e. The van der Waals surface area contributed by atoms with E-state index >= 15 is 0 Å². The van der Waals surface area contributed by atoms with Crippen LogP contribution in [0.2, 0.25) is 0 Å². The standard InChI is InChI=1S/C22H22N4OS/c1-14-7-8-17(12-15(14)2)18-13-28-22(24-18)25-21(27)10-9-19-16(3)23-20-6-4-5-11-26(19)20/h4-8,11-13H,9-10H2,1-3H3,(H,24,25,27). The lowest BCUT2D eigenvalue weighted by atomic mass is 10.1. The molecule has 4 aromatic rings. The van der Waals surface area contributed by atoms with E-state index in [1.165, 1.54) is 22.5 Å². The molecule has 1 N–H and O–H groups in total. The van der Waals surface area contributed by atoms with Crippen LogP contribution in [-0.4, -0.2) is 20.3 Å². The fourth-order valence-corrected chi connectivity index (χ4v) is 3.98. The zero-order chi connectivity index (χ0) is 19.7. The van der Waals surface area contributed by atoms with Gasteiger partial charge in [0.25, 0.3) is 0 Å². The monoisotopic (exact) mass is 390 g/mol. The van der Waals surface area contributed by atoms with Crippen molar-refractivity contribution in [2.75, 3.05) is 5.32 Å². The Balaban J connectivity index is 1.42. The number of rotatable bonds is 5. The van der Waals surface area contributed by atoms with Gasteiger partial charge in [-0.2, -0.15) is 0 Å². The van der Waals surface area contributed by atoms with Crippen LogP contribution in [0.4, 0.5) is 5.13 Å². The maximum absolute atomic E-state index is 12.4. The number of hydrogen-bond donors (Lipinski definition) is 1. The van der Waals surface area contributed by atoms with Gasteiger partial charge in [-0.05, 0) is 56.5 Å². The van der Waals surface area contributed by atoms with Crippen LogP contribution < -0.4 is 5.32 Å². The Morgan fingerprint density at radius 1 is 1.11 bits per heavy atom. The molecular weight excluding hydrogens is 368 g/mol. The maximum Gasteiger partial charge on any atom is 0.226 e.